The summed E-state index contributed by atoms with van der Waals surface area (Å²) >= 11 is 0. The second-order valence-electron chi connectivity index (χ2n) is 8.27. The van der Waals surface area contributed by atoms with Crippen LogP contribution in [0.2, 0.25) is 0 Å². The third-order valence-electron chi connectivity index (χ3n) is 5.57. The lowest BCUT2D eigenvalue weighted by Gasteiger charge is -2.13. The van der Waals surface area contributed by atoms with Gasteiger partial charge in [-0.05, 0) is 78.4 Å². The van der Waals surface area contributed by atoms with E-state index in [1.54, 1.807) is 24.3 Å². The van der Waals surface area contributed by atoms with Gasteiger partial charge in [0.1, 0.15) is 23.1 Å². The third kappa shape index (κ3) is 7.77. The molecule has 0 aliphatic rings. The Labute approximate surface area is 209 Å². The molecule has 5 nitrogen and oxygen atoms in total. The minimum Gasteiger partial charge on any atom is -0.481 e. The van der Waals surface area contributed by atoms with Crippen LogP contribution in [0.15, 0.2) is 54.6 Å². The highest BCUT2D eigenvalue weighted by Gasteiger charge is 2.31. The summed E-state index contributed by atoms with van der Waals surface area (Å²) in [5.41, 5.74) is 0.535. The van der Waals surface area contributed by atoms with Crippen LogP contribution in [0, 0.1) is 11.6 Å². The second kappa shape index (κ2) is 11.9. The molecule has 0 atom stereocenters. The SMILES string of the molecule is CCc1cc(Oc2cc(F)cc(CCNC(=O)c3ccc(C(F)(F)F)cc3F)c2)ccc1CCC(=O)O. The third-order valence-corrected chi connectivity index (χ3v) is 5.57. The van der Waals surface area contributed by atoms with E-state index in [2.05, 4.69) is 5.32 Å². The van der Waals surface area contributed by atoms with E-state index >= 15 is 0 Å². The summed E-state index contributed by atoms with van der Waals surface area (Å²) in [6, 6.07) is 10.8. The maximum atomic E-state index is 14.2. The molecule has 0 aliphatic heterocycles. The zero-order valence-corrected chi connectivity index (χ0v) is 19.8. The Kier molecular flexibility index (Phi) is 8.86. The molecule has 196 valence electrons. The molecule has 37 heavy (non-hydrogen) atoms. The van der Waals surface area contributed by atoms with Gasteiger partial charge in [-0.1, -0.05) is 13.0 Å². The standard InChI is InChI=1S/C27H24F5NO4/c1-2-17-13-21(6-3-18(17)4-8-25(34)35)37-22-12-16(11-20(28)15-22)9-10-33-26(36)23-7-5-19(14-24(23)29)27(30,31)32/h3,5-7,11-15H,2,4,8-10H2,1H3,(H,33,36)(H,34,35). The topological polar surface area (TPSA) is 75.6 Å². The summed E-state index contributed by atoms with van der Waals surface area (Å²) in [6.07, 6.45) is -3.54. The first-order chi connectivity index (χ1) is 17.5. The van der Waals surface area contributed by atoms with Crippen molar-refractivity contribution in [2.45, 2.75) is 38.8 Å². The van der Waals surface area contributed by atoms with Crippen molar-refractivity contribution in [3.05, 3.63) is 94.0 Å². The van der Waals surface area contributed by atoms with E-state index < -0.39 is 40.8 Å². The Balaban J connectivity index is 1.64. The van der Waals surface area contributed by atoms with Crippen LogP contribution in [0.1, 0.15) is 46.0 Å². The molecule has 0 bridgehead atoms. The molecule has 0 aromatic heterocycles. The van der Waals surface area contributed by atoms with Crippen LogP contribution in [0.25, 0.3) is 0 Å². The quantitative estimate of drug-likeness (QED) is 0.306. The number of benzene rings is 3. The van der Waals surface area contributed by atoms with Gasteiger partial charge >= 0.3 is 12.1 Å². The predicted molar refractivity (Wildman–Crippen MR) is 126 cm³/mol. The fourth-order valence-corrected chi connectivity index (χ4v) is 3.73. The Morgan fingerprint density at radius 1 is 0.919 bits per heavy atom. The first-order valence-corrected chi connectivity index (χ1v) is 11.4. The molecule has 3 aromatic carbocycles. The van der Waals surface area contributed by atoms with Gasteiger partial charge < -0.3 is 15.2 Å². The van der Waals surface area contributed by atoms with E-state index in [1.165, 1.54) is 12.1 Å². The molecule has 0 fully saturated rings. The van der Waals surface area contributed by atoms with Crippen LogP contribution in [-0.4, -0.2) is 23.5 Å². The lowest BCUT2D eigenvalue weighted by Crippen LogP contribution is -2.26. The molecule has 10 heteroatoms. The molecule has 0 heterocycles. The molecule has 0 saturated carbocycles. The second-order valence-corrected chi connectivity index (χ2v) is 8.27. The fraction of sp³-hybridized carbons (Fsp3) is 0.259. The number of ether oxygens (including phenoxy) is 1. The molecule has 0 unspecified atom stereocenters. The van der Waals surface area contributed by atoms with E-state index in [0.29, 0.717) is 30.2 Å². The van der Waals surface area contributed by atoms with Crippen LogP contribution in [0.4, 0.5) is 22.0 Å². The van der Waals surface area contributed by atoms with Crippen LogP contribution >= 0.6 is 0 Å². The van der Waals surface area contributed by atoms with E-state index in [9.17, 15) is 31.5 Å². The number of carboxylic acid groups (broad SMARTS) is 1. The number of alkyl halides is 3. The summed E-state index contributed by atoms with van der Waals surface area (Å²) in [7, 11) is 0. The van der Waals surface area contributed by atoms with Crippen LogP contribution in [0.5, 0.6) is 11.5 Å². The van der Waals surface area contributed by atoms with Crippen molar-refractivity contribution < 1.29 is 41.4 Å². The zero-order chi connectivity index (χ0) is 27.2. The number of nitrogens with one attached hydrogen (secondary N) is 1. The summed E-state index contributed by atoms with van der Waals surface area (Å²) in [5, 5.41) is 11.3. The Morgan fingerprint density at radius 3 is 2.32 bits per heavy atom. The molecular weight excluding hydrogens is 497 g/mol. The van der Waals surface area contributed by atoms with Crippen molar-refractivity contribution in [3.63, 3.8) is 0 Å². The first kappa shape index (κ1) is 27.6. The number of carbonyl (C=O) groups excluding carboxylic acids is 1. The fourth-order valence-electron chi connectivity index (χ4n) is 3.73. The molecule has 0 spiro atoms. The number of halogens is 5. The number of carbonyl (C=O) groups is 2. The first-order valence-electron chi connectivity index (χ1n) is 11.4. The van der Waals surface area contributed by atoms with Crippen LogP contribution < -0.4 is 10.1 Å². The average Bonchev–Trinajstić information content (AvgIpc) is 2.82. The summed E-state index contributed by atoms with van der Waals surface area (Å²) in [5.74, 6) is -3.02. The van der Waals surface area contributed by atoms with Crippen molar-refractivity contribution in [2.24, 2.45) is 0 Å². The van der Waals surface area contributed by atoms with Gasteiger partial charge in [-0.3, -0.25) is 9.59 Å². The minimum atomic E-state index is -4.73. The molecule has 3 rings (SSSR count). The number of hydrogen-bond donors (Lipinski definition) is 2. The van der Waals surface area contributed by atoms with Crippen molar-refractivity contribution in [2.75, 3.05) is 6.54 Å². The van der Waals surface area contributed by atoms with E-state index in [1.807, 2.05) is 6.92 Å². The van der Waals surface area contributed by atoms with Crippen molar-refractivity contribution in [1.29, 1.82) is 0 Å². The molecule has 0 saturated heterocycles. The Hall–Kier alpha value is -3.95. The van der Waals surface area contributed by atoms with Gasteiger partial charge in [-0.2, -0.15) is 13.2 Å². The van der Waals surface area contributed by atoms with Gasteiger partial charge in [-0.25, -0.2) is 8.78 Å². The number of rotatable bonds is 10. The lowest BCUT2D eigenvalue weighted by molar-refractivity contribution is -0.138. The normalized spacial score (nSPS) is 11.3. The smallest absolute Gasteiger partial charge is 0.416 e. The molecule has 3 aromatic rings. The number of amides is 1. The number of aryl methyl sites for hydroxylation is 2. The maximum absolute atomic E-state index is 14.2. The van der Waals surface area contributed by atoms with E-state index in [-0.39, 0.29) is 31.2 Å². The summed E-state index contributed by atoms with van der Waals surface area (Å²) in [4.78, 5) is 23.1. The monoisotopic (exact) mass is 521 g/mol. The molecule has 0 radical (unpaired) electrons. The average molecular weight is 521 g/mol. The van der Waals surface area contributed by atoms with Gasteiger partial charge in [0.2, 0.25) is 0 Å². The van der Waals surface area contributed by atoms with Crippen LogP contribution in [0.3, 0.4) is 0 Å². The minimum absolute atomic E-state index is 0.00249. The Morgan fingerprint density at radius 2 is 1.68 bits per heavy atom. The predicted octanol–water partition coefficient (Wildman–Crippen LogP) is 6.33. The number of hydrogen-bond acceptors (Lipinski definition) is 3. The van der Waals surface area contributed by atoms with E-state index in [4.69, 9.17) is 9.84 Å². The zero-order valence-electron chi connectivity index (χ0n) is 19.8. The molecule has 2 N–H and O–H groups in total. The molecule has 1 amide bonds. The van der Waals surface area contributed by atoms with Crippen molar-refractivity contribution in [3.8, 4) is 11.5 Å². The van der Waals surface area contributed by atoms with Crippen LogP contribution in [-0.2, 0) is 30.2 Å². The van der Waals surface area contributed by atoms with Gasteiger partial charge in [0.25, 0.3) is 5.91 Å². The van der Waals surface area contributed by atoms with Gasteiger partial charge in [0, 0.05) is 19.0 Å². The number of carboxylic acids is 1. The maximum Gasteiger partial charge on any atom is 0.416 e. The summed E-state index contributed by atoms with van der Waals surface area (Å²) < 4.78 is 72.0. The highest BCUT2D eigenvalue weighted by Crippen LogP contribution is 2.30. The molecule has 0 aliphatic carbocycles. The van der Waals surface area contributed by atoms with E-state index in [0.717, 1.165) is 17.2 Å². The highest BCUT2D eigenvalue weighted by molar-refractivity contribution is 5.94. The summed E-state index contributed by atoms with van der Waals surface area (Å²) in [6.45, 7) is 1.90. The largest absolute Gasteiger partial charge is 0.481 e. The molecular formula is C27H24F5NO4. The number of aliphatic carboxylic acids is 1. The van der Waals surface area contributed by atoms with Gasteiger partial charge in [-0.15, -0.1) is 0 Å². The van der Waals surface area contributed by atoms with Gasteiger partial charge in [0.05, 0.1) is 11.1 Å². The highest BCUT2D eigenvalue weighted by atomic mass is 19.4. The van der Waals surface area contributed by atoms with Crippen molar-refractivity contribution >= 4 is 11.9 Å². The lowest BCUT2D eigenvalue weighted by atomic mass is 10.0. The van der Waals surface area contributed by atoms with Crippen molar-refractivity contribution in [1.82, 2.24) is 5.32 Å². The Bertz CT molecular complexity index is 1290. The van der Waals surface area contributed by atoms with Gasteiger partial charge in [0.15, 0.2) is 0 Å².